The lowest BCUT2D eigenvalue weighted by molar-refractivity contribution is -0.129. The van der Waals surface area contributed by atoms with E-state index in [1.54, 1.807) is 11.0 Å². The second-order valence-electron chi connectivity index (χ2n) is 6.85. The van der Waals surface area contributed by atoms with E-state index >= 15 is 0 Å². The number of piperazine rings is 1. The van der Waals surface area contributed by atoms with Gasteiger partial charge in [-0.05, 0) is 55.0 Å². The summed E-state index contributed by atoms with van der Waals surface area (Å²) in [4.78, 5) is 25.6. The summed E-state index contributed by atoms with van der Waals surface area (Å²) in [6.45, 7) is 4.67. The first-order valence-corrected chi connectivity index (χ1v) is 11.3. The van der Waals surface area contributed by atoms with Gasteiger partial charge in [-0.15, -0.1) is 0 Å². The summed E-state index contributed by atoms with van der Waals surface area (Å²) in [5.74, 6) is -0.371. The van der Waals surface area contributed by atoms with E-state index in [9.17, 15) is 18.0 Å². The van der Waals surface area contributed by atoms with E-state index in [0.717, 1.165) is 10.0 Å². The maximum Gasteiger partial charge on any atom is 0.255 e. The van der Waals surface area contributed by atoms with Crippen molar-refractivity contribution in [1.82, 2.24) is 9.21 Å². The molecular weight excluding hydrogens is 458 g/mol. The highest BCUT2D eigenvalue weighted by atomic mass is 79.9. The van der Waals surface area contributed by atoms with Gasteiger partial charge in [-0.25, -0.2) is 8.42 Å². The maximum atomic E-state index is 12.8. The van der Waals surface area contributed by atoms with Gasteiger partial charge in [0.15, 0.2) is 0 Å². The van der Waals surface area contributed by atoms with Crippen molar-refractivity contribution in [2.75, 3.05) is 31.5 Å². The number of nitrogens with one attached hydrogen (secondary N) is 1. The number of amides is 2. The molecule has 29 heavy (non-hydrogen) atoms. The van der Waals surface area contributed by atoms with E-state index in [0.29, 0.717) is 24.3 Å². The molecule has 0 spiro atoms. The lowest BCUT2D eigenvalue weighted by atomic mass is 10.2. The number of aryl methyl sites for hydroxylation is 1. The van der Waals surface area contributed by atoms with Crippen LogP contribution >= 0.6 is 15.9 Å². The molecule has 0 saturated carbocycles. The Balaban J connectivity index is 1.69. The predicted molar refractivity (Wildman–Crippen MR) is 114 cm³/mol. The topological polar surface area (TPSA) is 86.8 Å². The molecule has 0 unspecified atom stereocenters. The van der Waals surface area contributed by atoms with Crippen LogP contribution in [0, 0.1) is 6.92 Å². The fourth-order valence-corrected chi connectivity index (χ4v) is 4.77. The number of anilines is 1. The van der Waals surface area contributed by atoms with Gasteiger partial charge in [-0.3, -0.25) is 9.59 Å². The van der Waals surface area contributed by atoms with E-state index in [-0.39, 0.29) is 29.8 Å². The van der Waals surface area contributed by atoms with Crippen molar-refractivity contribution in [3.05, 3.63) is 58.1 Å². The van der Waals surface area contributed by atoms with E-state index in [1.165, 1.54) is 35.5 Å². The standard InChI is InChI=1S/C20H22BrN3O4S/c1-14-13-17(5-8-19(14)21)22-20(26)16-3-6-18(7-4-16)29(27,28)24-11-9-23(10-12-24)15(2)25/h3-8,13H,9-12H2,1-2H3,(H,22,26). The zero-order valence-electron chi connectivity index (χ0n) is 16.2. The zero-order chi connectivity index (χ0) is 21.2. The predicted octanol–water partition coefficient (Wildman–Crippen LogP) is 2.86. The van der Waals surface area contributed by atoms with Crippen molar-refractivity contribution >= 4 is 43.5 Å². The number of rotatable bonds is 4. The molecule has 0 bridgehead atoms. The Morgan fingerprint density at radius 1 is 1.00 bits per heavy atom. The number of benzene rings is 2. The van der Waals surface area contributed by atoms with Crippen LogP contribution in [0.1, 0.15) is 22.8 Å². The van der Waals surface area contributed by atoms with Crippen molar-refractivity contribution in [2.24, 2.45) is 0 Å². The Hall–Kier alpha value is -2.23. The van der Waals surface area contributed by atoms with Crippen LogP contribution in [0.25, 0.3) is 0 Å². The lowest BCUT2D eigenvalue weighted by Crippen LogP contribution is -2.49. The molecule has 1 aliphatic rings. The highest BCUT2D eigenvalue weighted by molar-refractivity contribution is 9.10. The molecule has 1 aliphatic heterocycles. The maximum absolute atomic E-state index is 12.8. The first-order valence-electron chi connectivity index (χ1n) is 9.12. The van der Waals surface area contributed by atoms with Gasteiger partial charge in [-0.1, -0.05) is 15.9 Å². The monoisotopic (exact) mass is 479 g/mol. The summed E-state index contributed by atoms with van der Waals surface area (Å²) in [6.07, 6.45) is 0. The molecule has 3 rings (SSSR count). The third-order valence-electron chi connectivity index (χ3n) is 4.85. The van der Waals surface area contributed by atoms with Crippen LogP contribution in [0.5, 0.6) is 0 Å². The Morgan fingerprint density at radius 2 is 1.62 bits per heavy atom. The molecule has 0 aromatic heterocycles. The fraction of sp³-hybridized carbons (Fsp3) is 0.300. The first kappa shape index (κ1) is 21.5. The summed E-state index contributed by atoms with van der Waals surface area (Å²) >= 11 is 3.42. The number of nitrogens with zero attached hydrogens (tertiary/aromatic N) is 2. The number of halogens is 1. The van der Waals surface area contributed by atoms with Gasteiger partial charge in [0.2, 0.25) is 15.9 Å². The van der Waals surface area contributed by atoms with E-state index < -0.39 is 10.0 Å². The van der Waals surface area contributed by atoms with Gasteiger partial charge >= 0.3 is 0 Å². The molecule has 1 N–H and O–H groups in total. The molecule has 2 amide bonds. The number of hydrogen-bond acceptors (Lipinski definition) is 4. The SMILES string of the molecule is CC(=O)N1CCN(S(=O)(=O)c2ccc(C(=O)Nc3ccc(Br)c(C)c3)cc2)CC1. The Bertz CT molecular complexity index is 1030. The quantitative estimate of drug-likeness (QED) is 0.730. The van der Waals surface area contributed by atoms with E-state index in [4.69, 9.17) is 0 Å². The van der Waals surface area contributed by atoms with Crippen molar-refractivity contribution in [3.8, 4) is 0 Å². The van der Waals surface area contributed by atoms with Gasteiger partial charge in [0.05, 0.1) is 4.90 Å². The molecule has 7 nitrogen and oxygen atoms in total. The molecule has 2 aromatic carbocycles. The number of carbonyl (C=O) groups excluding carboxylic acids is 2. The highest BCUT2D eigenvalue weighted by Gasteiger charge is 2.29. The van der Waals surface area contributed by atoms with Crippen molar-refractivity contribution in [3.63, 3.8) is 0 Å². The summed E-state index contributed by atoms with van der Waals surface area (Å²) in [6, 6.07) is 11.4. The number of hydrogen-bond donors (Lipinski definition) is 1. The first-order chi connectivity index (χ1) is 13.7. The second-order valence-corrected chi connectivity index (χ2v) is 9.64. The normalized spacial score (nSPS) is 15.2. The molecule has 1 saturated heterocycles. The smallest absolute Gasteiger partial charge is 0.255 e. The molecule has 154 valence electrons. The van der Waals surface area contributed by atoms with E-state index in [1.807, 2.05) is 19.1 Å². The van der Waals surface area contributed by atoms with Crippen molar-refractivity contribution in [1.29, 1.82) is 0 Å². The molecule has 0 aliphatic carbocycles. The second kappa shape index (κ2) is 8.64. The van der Waals surface area contributed by atoms with Gasteiger partial charge < -0.3 is 10.2 Å². The van der Waals surface area contributed by atoms with Gasteiger partial charge in [-0.2, -0.15) is 4.31 Å². The highest BCUT2D eigenvalue weighted by Crippen LogP contribution is 2.22. The van der Waals surface area contributed by atoms with Crippen LogP contribution < -0.4 is 5.32 Å². The van der Waals surface area contributed by atoms with Crippen LogP contribution in [0.15, 0.2) is 51.8 Å². The van der Waals surface area contributed by atoms with Gasteiger partial charge in [0, 0.05) is 48.8 Å². The van der Waals surface area contributed by atoms with Crippen LogP contribution in [0.2, 0.25) is 0 Å². The minimum absolute atomic E-state index is 0.0571. The Kier molecular flexibility index (Phi) is 6.40. The van der Waals surface area contributed by atoms with Gasteiger partial charge in [0.25, 0.3) is 5.91 Å². The molecule has 9 heteroatoms. The van der Waals surface area contributed by atoms with Crippen molar-refractivity contribution < 1.29 is 18.0 Å². The molecule has 1 heterocycles. The van der Waals surface area contributed by atoms with E-state index in [2.05, 4.69) is 21.2 Å². The summed E-state index contributed by atoms with van der Waals surface area (Å²) in [5, 5.41) is 2.81. The average Bonchev–Trinajstić information content (AvgIpc) is 2.71. The minimum Gasteiger partial charge on any atom is -0.340 e. The molecule has 2 aromatic rings. The summed E-state index contributed by atoms with van der Waals surface area (Å²) < 4.78 is 28.0. The Labute approximate surface area is 178 Å². The molecule has 0 radical (unpaired) electrons. The van der Waals surface area contributed by atoms with Crippen LogP contribution in [-0.2, 0) is 14.8 Å². The molecular formula is C20H22BrN3O4S. The number of carbonyl (C=O) groups is 2. The summed E-state index contributed by atoms with van der Waals surface area (Å²) in [5.41, 5.74) is 2.02. The van der Waals surface area contributed by atoms with Crippen molar-refractivity contribution in [2.45, 2.75) is 18.7 Å². The third-order valence-corrected chi connectivity index (χ3v) is 7.66. The Morgan fingerprint density at radius 3 is 2.17 bits per heavy atom. The van der Waals surface area contributed by atoms with Crippen LogP contribution in [0.3, 0.4) is 0 Å². The lowest BCUT2D eigenvalue weighted by Gasteiger charge is -2.33. The molecule has 1 fully saturated rings. The summed E-state index contributed by atoms with van der Waals surface area (Å²) in [7, 11) is -3.66. The van der Waals surface area contributed by atoms with Crippen LogP contribution in [-0.4, -0.2) is 55.6 Å². The number of sulfonamides is 1. The zero-order valence-corrected chi connectivity index (χ0v) is 18.6. The largest absolute Gasteiger partial charge is 0.340 e. The average molecular weight is 480 g/mol. The van der Waals surface area contributed by atoms with Gasteiger partial charge in [0.1, 0.15) is 0 Å². The third kappa shape index (κ3) is 4.85. The fourth-order valence-electron chi connectivity index (χ4n) is 3.10. The van der Waals surface area contributed by atoms with Crippen LogP contribution in [0.4, 0.5) is 5.69 Å². The molecule has 0 atom stereocenters. The minimum atomic E-state index is -3.66.